The van der Waals surface area contributed by atoms with Crippen LogP contribution in [0.5, 0.6) is 0 Å². The van der Waals surface area contributed by atoms with Crippen molar-refractivity contribution in [2.45, 2.75) is 0 Å². The van der Waals surface area contributed by atoms with Crippen molar-refractivity contribution in [1.82, 2.24) is 0 Å². The van der Waals surface area contributed by atoms with Crippen molar-refractivity contribution < 1.29 is 9.53 Å². The summed E-state index contributed by atoms with van der Waals surface area (Å²) >= 11 is 3.00. The van der Waals surface area contributed by atoms with E-state index in [1.54, 1.807) is 6.08 Å². The molecule has 1 aromatic rings. The highest BCUT2D eigenvalue weighted by atomic mass is 79.9. The van der Waals surface area contributed by atoms with E-state index in [1.807, 2.05) is 30.3 Å². The first kappa shape index (κ1) is 9.99. The van der Waals surface area contributed by atoms with Crippen molar-refractivity contribution in [1.29, 1.82) is 0 Å². The summed E-state index contributed by atoms with van der Waals surface area (Å²) in [6.45, 7) is 0. The Balaban J connectivity index is 2.54. The van der Waals surface area contributed by atoms with E-state index in [4.69, 9.17) is 0 Å². The normalized spacial score (nSPS) is 10.2. The lowest BCUT2D eigenvalue weighted by molar-refractivity contribution is -0.135. The van der Waals surface area contributed by atoms with E-state index in [-0.39, 0.29) is 11.5 Å². The quantitative estimate of drug-likeness (QED) is 0.462. The number of benzene rings is 1. The van der Waals surface area contributed by atoms with Gasteiger partial charge in [0.25, 0.3) is 0 Å². The molecule has 0 N–H and O–H groups in total. The van der Waals surface area contributed by atoms with Crippen LogP contribution in [0.3, 0.4) is 0 Å². The van der Waals surface area contributed by atoms with Crippen molar-refractivity contribution in [3.05, 3.63) is 42.0 Å². The molecule has 0 aliphatic rings. The van der Waals surface area contributed by atoms with E-state index >= 15 is 0 Å². The summed E-state index contributed by atoms with van der Waals surface area (Å²) in [6, 6.07) is 9.58. The lowest BCUT2D eigenvalue weighted by atomic mass is 10.2. The van der Waals surface area contributed by atoms with Gasteiger partial charge in [-0.3, -0.25) is 0 Å². The summed E-state index contributed by atoms with van der Waals surface area (Å²) in [6.07, 6.45) is 3.11. The van der Waals surface area contributed by atoms with Gasteiger partial charge in [-0.25, -0.2) is 4.79 Å². The maximum atomic E-state index is 10.9. The van der Waals surface area contributed by atoms with E-state index in [0.717, 1.165) is 5.56 Å². The first-order valence-electron chi connectivity index (χ1n) is 3.79. The summed E-state index contributed by atoms with van der Waals surface area (Å²) < 4.78 is 4.65. The van der Waals surface area contributed by atoms with Gasteiger partial charge in [0.1, 0.15) is 5.52 Å². The summed E-state index contributed by atoms with van der Waals surface area (Å²) in [4.78, 5) is 10.9. The van der Waals surface area contributed by atoms with Gasteiger partial charge in [-0.05, 0) is 27.6 Å². The molecular weight excluding hydrogens is 232 g/mol. The zero-order valence-electron chi connectivity index (χ0n) is 6.94. The van der Waals surface area contributed by atoms with Gasteiger partial charge in [0.05, 0.1) is 0 Å². The monoisotopic (exact) mass is 240 g/mol. The molecule has 1 rings (SSSR count). The molecule has 0 radical (unpaired) electrons. The topological polar surface area (TPSA) is 26.3 Å². The van der Waals surface area contributed by atoms with E-state index in [1.165, 1.54) is 6.08 Å². The fraction of sp³-hybridized carbons (Fsp3) is 0.100. The SMILES string of the molecule is O=C(C=Cc1ccccc1)OCBr. The third-order valence-electron chi connectivity index (χ3n) is 1.41. The van der Waals surface area contributed by atoms with Crippen molar-refractivity contribution in [2.24, 2.45) is 0 Å². The van der Waals surface area contributed by atoms with Crippen LogP contribution in [-0.4, -0.2) is 11.5 Å². The molecule has 2 nitrogen and oxygen atoms in total. The molecule has 0 aromatic heterocycles. The minimum atomic E-state index is -0.347. The van der Waals surface area contributed by atoms with E-state index in [0.29, 0.717) is 0 Å². The Morgan fingerprint density at radius 2 is 2.08 bits per heavy atom. The Morgan fingerprint density at radius 1 is 1.38 bits per heavy atom. The third kappa shape index (κ3) is 3.90. The smallest absolute Gasteiger partial charge is 0.331 e. The molecule has 0 atom stereocenters. The standard InChI is InChI=1S/C10H9BrO2/c11-8-13-10(12)7-6-9-4-2-1-3-5-9/h1-7H,8H2. The first-order valence-corrected chi connectivity index (χ1v) is 4.91. The van der Waals surface area contributed by atoms with Crippen LogP contribution in [0.2, 0.25) is 0 Å². The molecule has 1 aromatic carbocycles. The van der Waals surface area contributed by atoms with Gasteiger partial charge in [0, 0.05) is 6.08 Å². The molecule has 0 saturated heterocycles. The van der Waals surface area contributed by atoms with Crippen molar-refractivity contribution >= 4 is 28.0 Å². The summed E-state index contributed by atoms with van der Waals surface area (Å²) in [5.74, 6) is -0.347. The highest BCUT2D eigenvalue weighted by Crippen LogP contribution is 2.01. The van der Waals surface area contributed by atoms with Crippen LogP contribution in [0, 0.1) is 0 Å². The molecular formula is C10H9BrO2. The third-order valence-corrected chi connectivity index (χ3v) is 1.64. The molecule has 0 unspecified atom stereocenters. The lowest BCUT2D eigenvalue weighted by Crippen LogP contribution is -1.96. The fourth-order valence-corrected chi connectivity index (χ4v) is 1.06. The number of hydrogen-bond acceptors (Lipinski definition) is 2. The predicted octanol–water partition coefficient (Wildman–Crippen LogP) is 2.60. The number of rotatable bonds is 3. The van der Waals surface area contributed by atoms with Gasteiger partial charge < -0.3 is 4.74 Å². The van der Waals surface area contributed by atoms with Crippen molar-refractivity contribution in [3.8, 4) is 0 Å². The summed E-state index contributed by atoms with van der Waals surface area (Å²) in [7, 11) is 0. The van der Waals surface area contributed by atoms with Crippen LogP contribution < -0.4 is 0 Å². The average Bonchev–Trinajstić information content (AvgIpc) is 2.17. The fourth-order valence-electron chi connectivity index (χ4n) is 0.830. The molecule has 0 fully saturated rings. The molecule has 0 bridgehead atoms. The number of ether oxygens (including phenoxy) is 1. The van der Waals surface area contributed by atoms with E-state index < -0.39 is 0 Å². The summed E-state index contributed by atoms with van der Waals surface area (Å²) in [5.41, 5.74) is 1.21. The average molecular weight is 241 g/mol. The number of hydrogen-bond donors (Lipinski definition) is 0. The van der Waals surface area contributed by atoms with Crippen LogP contribution in [0.4, 0.5) is 0 Å². The Bertz CT molecular complexity index is 293. The minimum Gasteiger partial charge on any atom is -0.451 e. The molecule has 0 aliphatic heterocycles. The van der Waals surface area contributed by atoms with Crippen LogP contribution in [0.15, 0.2) is 36.4 Å². The zero-order chi connectivity index (χ0) is 9.52. The van der Waals surface area contributed by atoms with Gasteiger partial charge in [0.15, 0.2) is 0 Å². The second-order valence-corrected chi connectivity index (χ2v) is 2.77. The highest BCUT2D eigenvalue weighted by Gasteiger charge is 1.92. The largest absolute Gasteiger partial charge is 0.451 e. The highest BCUT2D eigenvalue weighted by molar-refractivity contribution is 9.09. The minimum absolute atomic E-state index is 0.227. The van der Waals surface area contributed by atoms with Gasteiger partial charge in [-0.1, -0.05) is 30.3 Å². The Labute approximate surface area is 85.3 Å². The van der Waals surface area contributed by atoms with E-state index in [9.17, 15) is 4.79 Å². The van der Waals surface area contributed by atoms with Crippen LogP contribution in [0.1, 0.15) is 5.56 Å². The molecule has 0 saturated carbocycles. The maximum Gasteiger partial charge on any atom is 0.331 e. The van der Waals surface area contributed by atoms with Crippen molar-refractivity contribution in [2.75, 3.05) is 5.52 Å². The first-order chi connectivity index (χ1) is 6.33. The molecule has 0 spiro atoms. The van der Waals surface area contributed by atoms with Crippen LogP contribution >= 0.6 is 15.9 Å². The van der Waals surface area contributed by atoms with Gasteiger partial charge in [-0.2, -0.15) is 0 Å². The zero-order valence-corrected chi connectivity index (χ0v) is 8.53. The van der Waals surface area contributed by atoms with E-state index in [2.05, 4.69) is 20.7 Å². The van der Waals surface area contributed by atoms with Gasteiger partial charge in [-0.15, -0.1) is 0 Å². The summed E-state index contributed by atoms with van der Waals surface area (Å²) in [5, 5.41) is 0. The van der Waals surface area contributed by atoms with Gasteiger partial charge in [0.2, 0.25) is 0 Å². The predicted molar refractivity (Wildman–Crippen MR) is 55.4 cm³/mol. The second-order valence-electron chi connectivity index (χ2n) is 2.32. The second kappa shape index (κ2) is 5.54. The molecule has 68 valence electrons. The maximum absolute atomic E-state index is 10.9. The Hall–Kier alpha value is -1.09. The number of carbonyl (C=O) groups is 1. The number of halogens is 1. The Morgan fingerprint density at radius 3 is 2.69 bits per heavy atom. The molecule has 3 heteroatoms. The molecule has 13 heavy (non-hydrogen) atoms. The number of esters is 1. The molecule has 0 amide bonds. The molecule has 0 heterocycles. The Kier molecular flexibility index (Phi) is 4.26. The van der Waals surface area contributed by atoms with Crippen LogP contribution in [0.25, 0.3) is 6.08 Å². The van der Waals surface area contributed by atoms with Crippen LogP contribution in [-0.2, 0) is 9.53 Å². The number of alkyl halides is 1. The number of carbonyl (C=O) groups excluding carboxylic acids is 1. The lowest BCUT2D eigenvalue weighted by Gasteiger charge is -1.93. The molecule has 0 aliphatic carbocycles. The van der Waals surface area contributed by atoms with Crippen molar-refractivity contribution in [3.63, 3.8) is 0 Å². The van der Waals surface area contributed by atoms with Gasteiger partial charge >= 0.3 is 5.97 Å².